The molecule has 0 aromatic rings. The molecule has 11 heavy (non-hydrogen) atoms. The van der Waals surface area contributed by atoms with Crippen molar-refractivity contribution in [2.75, 3.05) is 6.61 Å². The second-order valence-electron chi connectivity index (χ2n) is 3.85. The molecule has 62 valence electrons. The fourth-order valence-electron chi connectivity index (χ4n) is 2.05. The minimum Gasteiger partial charge on any atom is -0.498 e. The summed E-state index contributed by atoms with van der Waals surface area (Å²) in [5.41, 5.74) is 1.62. The van der Waals surface area contributed by atoms with Crippen LogP contribution < -0.4 is 0 Å². The topological polar surface area (TPSA) is 9.23 Å². The summed E-state index contributed by atoms with van der Waals surface area (Å²) in [7, 11) is 0. The SMILES string of the molecule is C[C@@H]1COC2=C(CCCC2)C1. The van der Waals surface area contributed by atoms with E-state index in [0.717, 1.165) is 12.5 Å². The highest BCUT2D eigenvalue weighted by Crippen LogP contribution is 2.33. The second-order valence-corrected chi connectivity index (χ2v) is 3.85. The van der Waals surface area contributed by atoms with Gasteiger partial charge in [-0.25, -0.2) is 0 Å². The van der Waals surface area contributed by atoms with Gasteiger partial charge >= 0.3 is 0 Å². The van der Waals surface area contributed by atoms with E-state index in [1.165, 1.54) is 37.9 Å². The van der Waals surface area contributed by atoms with E-state index >= 15 is 0 Å². The van der Waals surface area contributed by atoms with E-state index < -0.39 is 0 Å². The van der Waals surface area contributed by atoms with E-state index in [2.05, 4.69) is 6.92 Å². The number of ether oxygens (including phenoxy) is 1. The number of hydrogen-bond donors (Lipinski definition) is 0. The number of allylic oxidation sites excluding steroid dienone is 2. The molecule has 0 fully saturated rings. The van der Waals surface area contributed by atoms with Crippen molar-refractivity contribution in [3.05, 3.63) is 11.3 Å². The first-order valence-corrected chi connectivity index (χ1v) is 4.70. The average Bonchev–Trinajstić information content (AvgIpc) is 2.04. The smallest absolute Gasteiger partial charge is 0.0951 e. The van der Waals surface area contributed by atoms with Crippen LogP contribution in [0, 0.1) is 5.92 Å². The first kappa shape index (κ1) is 7.20. The molecule has 0 saturated heterocycles. The Labute approximate surface area is 68.4 Å². The van der Waals surface area contributed by atoms with Crippen LogP contribution in [0.25, 0.3) is 0 Å². The third-order valence-electron chi connectivity index (χ3n) is 2.66. The summed E-state index contributed by atoms with van der Waals surface area (Å²) in [4.78, 5) is 0. The van der Waals surface area contributed by atoms with Crippen molar-refractivity contribution in [2.24, 2.45) is 5.92 Å². The van der Waals surface area contributed by atoms with Gasteiger partial charge in [0.1, 0.15) is 0 Å². The van der Waals surface area contributed by atoms with Gasteiger partial charge in [0, 0.05) is 6.42 Å². The van der Waals surface area contributed by atoms with E-state index in [-0.39, 0.29) is 0 Å². The molecule has 1 atom stereocenters. The average molecular weight is 152 g/mol. The van der Waals surface area contributed by atoms with Crippen LogP contribution >= 0.6 is 0 Å². The fraction of sp³-hybridized carbons (Fsp3) is 0.800. The Morgan fingerprint density at radius 2 is 2.09 bits per heavy atom. The van der Waals surface area contributed by atoms with Gasteiger partial charge in [-0.2, -0.15) is 0 Å². The van der Waals surface area contributed by atoms with Crippen molar-refractivity contribution in [3.63, 3.8) is 0 Å². The molecule has 0 radical (unpaired) electrons. The molecule has 1 heterocycles. The number of hydrogen-bond acceptors (Lipinski definition) is 1. The Morgan fingerprint density at radius 3 is 3.00 bits per heavy atom. The minimum absolute atomic E-state index is 0.756. The maximum Gasteiger partial charge on any atom is 0.0951 e. The van der Waals surface area contributed by atoms with Gasteiger partial charge in [-0.1, -0.05) is 6.92 Å². The summed E-state index contributed by atoms with van der Waals surface area (Å²) in [6.07, 6.45) is 6.54. The molecule has 1 aliphatic carbocycles. The summed E-state index contributed by atoms with van der Waals surface area (Å²) in [5, 5.41) is 0. The van der Waals surface area contributed by atoms with E-state index in [4.69, 9.17) is 4.74 Å². The van der Waals surface area contributed by atoms with Gasteiger partial charge in [0.15, 0.2) is 0 Å². The lowest BCUT2D eigenvalue weighted by Gasteiger charge is -2.28. The normalized spacial score (nSPS) is 31.2. The Morgan fingerprint density at radius 1 is 1.27 bits per heavy atom. The maximum atomic E-state index is 5.67. The highest BCUT2D eigenvalue weighted by molar-refractivity contribution is 5.14. The van der Waals surface area contributed by atoms with Gasteiger partial charge < -0.3 is 4.74 Å². The zero-order valence-electron chi connectivity index (χ0n) is 7.23. The Kier molecular flexibility index (Phi) is 1.89. The van der Waals surface area contributed by atoms with Crippen molar-refractivity contribution < 1.29 is 4.74 Å². The van der Waals surface area contributed by atoms with Crippen molar-refractivity contribution in [1.29, 1.82) is 0 Å². The largest absolute Gasteiger partial charge is 0.498 e. The fourth-order valence-corrected chi connectivity index (χ4v) is 2.05. The molecule has 1 heteroatoms. The van der Waals surface area contributed by atoms with Crippen LogP contribution in [0.2, 0.25) is 0 Å². The van der Waals surface area contributed by atoms with Crippen molar-refractivity contribution in [2.45, 2.75) is 39.0 Å². The summed E-state index contributed by atoms with van der Waals surface area (Å²) in [5.74, 6) is 2.10. The third-order valence-corrected chi connectivity index (χ3v) is 2.66. The Bertz CT molecular complexity index is 181. The zero-order chi connectivity index (χ0) is 7.68. The zero-order valence-corrected chi connectivity index (χ0v) is 7.23. The molecule has 0 spiro atoms. The molecular formula is C10H16O. The molecule has 0 unspecified atom stereocenters. The standard InChI is InChI=1S/C10H16O/c1-8-6-9-4-2-3-5-10(9)11-7-8/h8H,2-7H2,1H3/t8-/m0/s1. The quantitative estimate of drug-likeness (QED) is 0.518. The molecule has 2 aliphatic rings. The Balaban J connectivity index is 2.12. The van der Waals surface area contributed by atoms with E-state index in [9.17, 15) is 0 Å². The van der Waals surface area contributed by atoms with Crippen LogP contribution in [0.5, 0.6) is 0 Å². The van der Waals surface area contributed by atoms with Gasteiger partial charge in [-0.05, 0) is 37.2 Å². The molecule has 1 aliphatic heterocycles. The molecule has 0 aromatic heterocycles. The summed E-state index contributed by atoms with van der Waals surface area (Å²) in [6.45, 7) is 3.23. The molecule has 0 bridgehead atoms. The van der Waals surface area contributed by atoms with E-state index in [0.29, 0.717) is 0 Å². The predicted molar refractivity (Wildman–Crippen MR) is 45.2 cm³/mol. The lowest BCUT2D eigenvalue weighted by atomic mass is 9.89. The van der Waals surface area contributed by atoms with E-state index in [1.54, 1.807) is 5.57 Å². The minimum atomic E-state index is 0.756. The first-order valence-electron chi connectivity index (χ1n) is 4.70. The lowest BCUT2D eigenvalue weighted by molar-refractivity contribution is 0.131. The van der Waals surface area contributed by atoms with Gasteiger partial charge in [-0.15, -0.1) is 0 Å². The lowest BCUT2D eigenvalue weighted by Crippen LogP contribution is -2.17. The van der Waals surface area contributed by atoms with Crippen LogP contribution in [0.3, 0.4) is 0 Å². The molecule has 0 saturated carbocycles. The molecular weight excluding hydrogens is 136 g/mol. The molecule has 0 aromatic carbocycles. The van der Waals surface area contributed by atoms with Crippen molar-refractivity contribution >= 4 is 0 Å². The van der Waals surface area contributed by atoms with Gasteiger partial charge in [0.2, 0.25) is 0 Å². The molecule has 0 N–H and O–H groups in total. The first-order chi connectivity index (χ1) is 5.36. The molecule has 0 amide bonds. The van der Waals surface area contributed by atoms with Crippen LogP contribution in [-0.4, -0.2) is 6.61 Å². The summed E-state index contributed by atoms with van der Waals surface area (Å²) < 4.78 is 5.67. The monoisotopic (exact) mass is 152 g/mol. The highest BCUT2D eigenvalue weighted by Gasteiger charge is 2.21. The van der Waals surface area contributed by atoms with Crippen LogP contribution in [-0.2, 0) is 4.74 Å². The molecule has 2 rings (SSSR count). The second kappa shape index (κ2) is 2.88. The molecule has 1 nitrogen and oxygen atoms in total. The van der Waals surface area contributed by atoms with Gasteiger partial charge in [0.25, 0.3) is 0 Å². The summed E-state index contributed by atoms with van der Waals surface area (Å²) in [6, 6.07) is 0. The highest BCUT2D eigenvalue weighted by atomic mass is 16.5. The van der Waals surface area contributed by atoms with Crippen LogP contribution in [0.15, 0.2) is 11.3 Å². The maximum absolute atomic E-state index is 5.67. The summed E-state index contributed by atoms with van der Waals surface area (Å²) >= 11 is 0. The Hall–Kier alpha value is -0.460. The predicted octanol–water partition coefficient (Wildman–Crippen LogP) is 2.87. The van der Waals surface area contributed by atoms with Crippen molar-refractivity contribution in [1.82, 2.24) is 0 Å². The van der Waals surface area contributed by atoms with Crippen LogP contribution in [0.4, 0.5) is 0 Å². The van der Waals surface area contributed by atoms with Crippen molar-refractivity contribution in [3.8, 4) is 0 Å². The van der Waals surface area contributed by atoms with Crippen LogP contribution in [0.1, 0.15) is 39.0 Å². The number of rotatable bonds is 0. The van der Waals surface area contributed by atoms with Gasteiger partial charge in [-0.3, -0.25) is 0 Å². The van der Waals surface area contributed by atoms with Gasteiger partial charge in [0.05, 0.1) is 12.4 Å². The van der Waals surface area contributed by atoms with E-state index in [1.807, 2.05) is 0 Å². The third kappa shape index (κ3) is 1.42.